The second kappa shape index (κ2) is 2.86. The van der Waals surface area contributed by atoms with E-state index >= 15 is 0 Å². The van der Waals surface area contributed by atoms with Crippen LogP contribution in [-0.2, 0) is 0 Å². The van der Waals surface area contributed by atoms with Crippen molar-refractivity contribution in [3.8, 4) is 0 Å². The van der Waals surface area contributed by atoms with E-state index in [-0.39, 0.29) is 12.0 Å². The third-order valence-electron chi connectivity index (χ3n) is 3.59. The summed E-state index contributed by atoms with van der Waals surface area (Å²) in [7, 11) is 0. The molecule has 0 aromatic heterocycles. The SMILES string of the molecule is C=C[C@H](O)[C@H]1C(O)[C@@H]2CCC[C@H]12. The van der Waals surface area contributed by atoms with Crippen LogP contribution >= 0.6 is 0 Å². The molecule has 2 heteroatoms. The molecule has 2 saturated carbocycles. The lowest BCUT2D eigenvalue weighted by Gasteiger charge is -2.47. The van der Waals surface area contributed by atoms with E-state index in [1.54, 1.807) is 6.08 Å². The van der Waals surface area contributed by atoms with Crippen LogP contribution in [0.3, 0.4) is 0 Å². The third-order valence-corrected chi connectivity index (χ3v) is 3.59. The van der Waals surface area contributed by atoms with Crippen LogP contribution in [0.4, 0.5) is 0 Å². The summed E-state index contributed by atoms with van der Waals surface area (Å²) in [4.78, 5) is 0. The van der Waals surface area contributed by atoms with E-state index in [0.29, 0.717) is 11.8 Å². The summed E-state index contributed by atoms with van der Waals surface area (Å²) in [5.74, 6) is 1.12. The Kier molecular flexibility index (Phi) is 1.97. The Morgan fingerprint density at radius 3 is 2.67 bits per heavy atom. The molecule has 0 saturated heterocycles. The molecule has 2 nitrogen and oxygen atoms in total. The summed E-state index contributed by atoms with van der Waals surface area (Å²) in [5, 5.41) is 19.2. The second-order valence-electron chi connectivity index (χ2n) is 4.05. The monoisotopic (exact) mass is 168 g/mol. The van der Waals surface area contributed by atoms with Gasteiger partial charge in [-0.25, -0.2) is 0 Å². The fourth-order valence-corrected chi connectivity index (χ4v) is 2.92. The fourth-order valence-electron chi connectivity index (χ4n) is 2.92. The number of rotatable bonds is 2. The highest BCUT2D eigenvalue weighted by atomic mass is 16.3. The molecule has 0 aromatic rings. The molecule has 0 aliphatic heterocycles. The van der Waals surface area contributed by atoms with Crippen molar-refractivity contribution in [2.45, 2.75) is 31.5 Å². The highest BCUT2D eigenvalue weighted by Crippen LogP contribution is 2.52. The molecule has 0 radical (unpaired) electrons. The zero-order valence-electron chi connectivity index (χ0n) is 7.19. The molecule has 2 N–H and O–H groups in total. The summed E-state index contributed by atoms with van der Waals surface area (Å²) in [6.45, 7) is 3.55. The first-order valence-electron chi connectivity index (χ1n) is 4.74. The fraction of sp³-hybridized carbons (Fsp3) is 0.800. The Labute approximate surface area is 72.9 Å². The van der Waals surface area contributed by atoms with Crippen LogP contribution in [0.25, 0.3) is 0 Å². The number of aliphatic hydroxyl groups is 2. The smallest absolute Gasteiger partial charge is 0.0774 e. The van der Waals surface area contributed by atoms with Gasteiger partial charge >= 0.3 is 0 Å². The molecular formula is C10H16O2. The summed E-state index contributed by atoms with van der Waals surface area (Å²) >= 11 is 0. The van der Waals surface area contributed by atoms with Gasteiger partial charge in [-0.1, -0.05) is 12.5 Å². The molecule has 0 amide bonds. The Balaban J connectivity index is 2.04. The van der Waals surface area contributed by atoms with Crippen molar-refractivity contribution in [3.05, 3.63) is 12.7 Å². The minimum atomic E-state index is -0.501. The lowest BCUT2D eigenvalue weighted by molar-refractivity contribution is -0.124. The molecule has 2 rings (SSSR count). The van der Waals surface area contributed by atoms with Crippen molar-refractivity contribution in [1.29, 1.82) is 0 Å². The number of hydrogen-bond acceptors (Lipinski definition) is 2. The topological polar surface area (TPSA) is 40.5 Å². The lowest BCUT2D eigenvalue weighted by Crippen LogP contribution is -2.53. The van der Waals surface area contributed by atoms with Crippen LogP contribution in [0.2, 0.25) is 0 Å². The van der Waals surface area contributed by atoms with E-state index in [1.165, 1.54) is 12.8 Å². The predicted octanol–water partition coefficient (Wildman–Crippen LogP) is 0.940. The Morgan fingerprint density at radius 1 is 1.33 bits per heavy atom. The number of hydrogen-bond donors (Lipinski definition) is 2. The van der Waals surface area contributed by atoms with Gasteiger partial charge < -0.3 is 10.2 Å². The van der Waals surface area contributed by atoms with Crippen molar-refractivity contribution in [2.75, 3.05) is 0 Å². The first kappa shape index (κ1) is 8.27. The number of aliphatic hydroxyl groups excluding tert-OH is 2. The maximum Gasteiger partial charge on any atom is 0.0774 e. The zero-order chi connectivity index (χ0) is 8.72. The van der Waals surface area contributed by atoms with E-state index in [1.807, 2.05) is 0 Å². The predicted molar refractivity (Wildman–Crippen MR) is 46.5 cm³/mol. The van der Waals surface area contributed by atoms with Gasteiger partial charge in [0.05, 0.1) is 12.2 Å². The summed E-state index contributed by atoms with van der Waals surface area (Å²) in [6, 6.07) is 0. The molecule has 2 aliphatic carbocycles. The molecule has 5 atom stereocenters. The van der Waals surface area contributed by atoms with E-state index < -0.39 is 6.10 Å². The maximum atomic E-state index is 9.67. The molecule has 68 valence electrons. The molecule has 2 aliphatic rings. The summed E-state index contributed by atoms with van der Waals surface area (Å²) in [6.07, 6.45) is 4.31. The minimum Gasteiger partial charge on any atom is -0.392 e. The van der Waals surface area contributed by atoms with Gasteiger partial charge in [-0.05, 0) is 24.7 Å². The summed E-state index contributed by atoms with van der Waals surface area (Å²) < 4.78 is 0. The molecule has 0 spiro atoms. The minimum absolute atomic E-state index is 0.0787. The van der Waals surface area contributed by atoms with Crippen LogP contribution in [0.1, 0.15) is 19.3 Å². The van der Waals surface area contributed by atoms with Crippen LogP contribution in [0.15, 0.2) is 12.7 Å². The van der Waals surface area contributed by atoms with E-state index in [2.05, 4.69) is 6.58 Å². The second-order valence-corrected chi connectivity index (χ2v) is 4.05. The molecule has 2 fully saturated rings. The quantitative estimate of drug-likeness (QED) is 0.602. The maximum absolute atomic E-state index is 9.67. The van der Waals surface area contributed by atoms with Gasteiger partial charge in [-0.15, -0.1) is 6.58 Å². The largest absolute Gasteiger partial charge is 0.392 e. The Hall–Kier alpha value is -0.340. The van der Waals surface area contributed by atoms with E-state index in [4.69, 9.17) is 0 Å². The van der Waals surface area contributed by atoms with Crippen molar-refractivity contribution in [1.82, 2.24) is 0 Å². The van der Waals surface area contributed by atoms with Gasteiger partial charge in [-0.2, -0.15) is 0 Å². The number of fused-ring (bicyclic) bond motifs is 1. The van der Waals surface area contributed by atoms with Gasteiger partial charge in [0, 0.05) is 5.92 Å². The van der Waals surface area contributed by atoms with Gasteiger partial charge in [0.25, 0.3) is 0 Å². The van der Waals surface area contributed by atoms with Crippen LogP contribution < -0.4 is 0 Å². The normalized spacial score (nSPS) is 47.8. The Bertz CT molecular complexity index is 190. The van der Waals surface area contributed by atoms with Gasteiger partial charge in [0.1, 0.15) is 0 Å². The molecule has 12 heavy (non-hydrogen) atoms. The third kappa shape index (κ3) is 0.947. The van der Waals surface area contributed by atoms with Crippen molar-refractivity contribution >= 4 is 0 Å². The first-order valence-corrected chi connectivity index (χ1v) is 4.74. The average molecular weight is 168 g/mol. The van der Waals surface area contributed by atoms with E-state index in [9.17, 15) is 10.2 Å². The summed E-state index contributed by atoms with van der Waals surface area (Å²) in [5.41, 5.74) is 0. The molecule has 0 heterocycles. The van der Waals surface area contributed by atoms with Crippen molar-refractivity contribution in [2.24, 2.45) is 17.8 Å². The average Bonchev–Trinajstić information content (AvgIpc) is 2.48. The molecular weight excluding hydrogens is 152 g/mol. The first-order chi connectivity index (χ1) is 5.75. The standard InChI is InChI=1S/C10H16O2/c1-2-8(11)9-6-4-3-5-7(6)10(9)12/h2,6-12H,1,3-5H2/t6-,7+,8-,9-,10?/m0/s1. The van der Waals surface area contributed by atoms with Crippen molar-refractivity contribution in [3.63, 3.8) is 0 Å². The Morgan fingerprint density at radius 2 is 2.00 bits per heavy atom. The van der Waals surface area contributed by atoms with Crippen LogP contribution in [0, 0.1) is 17.8 Å². The lowest BCUT2D eigenvalue weighted by atomic mass is 9.62. The van der Waals surface area contributed by atoms with E-state index in [0.717, 1.165) is 6.42 Å². The molecule has 0 bridgehead atoms. The zero-order valence-corrected chi connectivity index (χ0v) is 7.19. The molecule has 1 unspecified atom stereocenters. The highest BCUT2D eigenvalue weighted by Gasteiger charge is 2.53. The van der Waals surface area contributed by atoms with Crippen molar-refractivity contribution < 1.29 is 10.2 Å². The van der Waals surface area contributed by atoms with Gasteiger partial charge in [-0.3, -0.25) is 0 Å². The van der Waals surface area contributed by atoms with Crippen LogP contribution in [-0.4, -0.2) is 22.4 Å². The molecule has 0 aromatic carbocycles. The van der Waals surface area contributed by atoms with Gasteiger partial charge in [0.15, 0.2) is 0 Å². The van der Waals surface area contributed by atoms with Gasteiger partial charge in [0.2, 0.25) is 0 Å². The van der Waals surface area contributed by atoms with Crippen LogP contribution in [0.5, 0.6) is 0 Å². The highest BCUT2D eigenvalue weighted by molar-refractivity contribution is 5.06.